The number of rotatable bonds is 11. The fourth-order valence-corrected chi connectivity index (χ4v) is 3.87. The van der Waals surface area contributed by atoms with Gasteiger partial charge in [-0.2, -0.15) is 15.0 Å². The number of methoxy groups -OCH3 is 1. The number of benzene rings is 2. The molecule has 0 aliphatic rings. The summed E-state index contributed by atoms with van der Waals surface area (Å²) in [5.74, 6) is -0.246. The van der Waals surface area contributed by atoms with E-state index in [4.69, 9.17) is 15.2 Å². The number of hydrogen-bond acceptors (Lipinski definition) is 9. The van der Waals surface area contributed by atoms with Crippen molar-refractivity contribution < 1.29 is 24.5 Å². The van der Waals surface area contributed by atoms with Crippen LogP contribution >= 0.6 is 0 Å². The molecule has 0 saturated carbocycles. The average Bonchev–Trinajstić information content (AvgIpc) is 3.18. The van der Waals surface area contributed by atoms with E-state index in [1.54, 1.807) is 14.0 Å². The van der Waals surface area contributed by atoms with Crippen molar-refractivity contribution in [3.05, 3.63) is 65.2 Å². The Balaban J connectivity index is 1.54. The maximum Gasteiger partial charge on any atom is 0.321 e. The van der Waals surface area contributed by atoms with Crippen LogP contribution in [-0.2, 0) is 24.3 Å². The summed E-state index contributed by atoms with van der Waals surface area (Å²) in [5, 5.41) is 23.2. The molecule has 188 valence electrons. The lowest BCUT2D eigenvalue weighted by atomic mass is 10.1. The second kappa shape index (κ2) is 10.9. The van der Waals surface area contributed by atoms with E-state index in [9.17, 15) is 15.0 Å². The molecule has 0 bridgehead atoms. The third kappa shape index (κ3) is 5.47. The molecule has 4 rings (SSSR count). The van der Waals surface area contributed by atoms with Crippen molar-refractivity contribution in [2.45, 2.75) is 32.5 Å². The molecule has 1 atom stereocenters. The van der Waals surface area contributed by atoms with Crippen LogP contribution in [0, 0.1) is 0 Å². The molecule has 2 aromatic heterocycles. The van der Waals surface area contributed by atoms with E-state index < -0.39 is 12.0 Å². The van der Waals surface area contributed by atoms with Crippen LogP contribution in [0.4, 0.5) is 5.82 Å². The summed E-state index contributed by atoms with van der Waals surface area (Å²) in [6, 6.07) is 14.1. The van der Waals surface area contributed by atoms with E-state index in [2.05, 4.69) is 20.3 Å². The molecule has 11 heteroatoms. The second-order valence-corrected chi connectivity index (χ2v) is 8.10. The molecule has 36 heavy (non-hydrogen) atoms. The highest BCUT2D eigenvalue weighted by Crippen LogP contribution is 2.28. The predicted octanol–water partition coefficient (Wildman–Crippen LogP) is 2.36. The molecular formula is C25H28N6O5. The third-order valence-corrected chi connectivity index (χ3v) is 5.67. The number of imidazole rings is 1. The lowest BCUT2D eigenvalue weighted by Crippen LogP contribution is -2.38. The maximum absolute atomic E-state index is 11.8. The monoisotopic (exact) mass is 492 g/mol. The summed E-state index contributed by atoms with van der Waals surface area (Å²) in [6.07, 6.45) is 0.368. The van der Waals surface area contributed by atoms with Crippen LogP contribution in [0.1, 0.15) is 23.6 Å². The minimum Gasteiger partial charge on any atom is -0.496 e. The number of nitrogens with two attached hydrogens (primary N) is 1. The number of nitrogens with zero attached hydrogens (tertiary/aromatic N) is 4. The van der Waals surface area contributed by atoms with Gasteiger partial charge in [0, 0.05) is 12.1 Å². The van der Waals surface area contributed by atoms with Crippen molar-refractivity contribution >= 4 is 23.0 Å². The summed E-state index contributed by atoms with van der Waals surface area (Å²) >= 11 is 0. The van der Waals surface area contributed by atoms with E-state index in [-0.39, 0.29) is 29.9 Å². The highest BCUT2D eigenvalue weighted by atomic mass is 16.5. The lowest BCUT2D eigenvalue weighted by molar-refractivity contribution is -0.139. The van der Waals surface area contributed by atoms with Gasteiger partial charge in [0.1, 0.15) is 11.8 Å². The summed E-state index contributed by atoms with van der Waals surface area (Å²) in [4.78, 5) is 24.2. The largest absolute Gasteiger partial charge is 0.496 e. The summed E-state index contributed by atoms with van der Waals surface area (Å²) in [5.41, 5.74) is 9.12. The number of fused-ring (bicyclic) bond motifs is 1. The number of carboxylic acids is 1. The minimum atomic E-state index is -0.919. The smallest absolute Gasteiger partial charge is 0.321 e. The van der Waals surface area contributed by atoms with Crippen LogP contribution < -0.4 is 20.5 Å². The topological polar surface area (TPSA) is 158 Å². The van der Waals surface area contributed by atoms with E-state index in [0.29, 0.717) is 31.0 Å². The zero-order valence-electron chi connectivity index (χ0n) is 20.0. The number of hydrogen-bond donors (Lipinski definition) is 4. The van der Waals surface area contributed by atoms with Crippen molar-refractivity contribution in [2.24, 2.45) is 0 Å². The Morgan fingerprint density at radius 2 is 1.92 bits per heavy atom. The van der Waals surface area contributed by atoms with E-state index >= 15 is 0 Å². The van der Waals surface area contributed by atoms with Crippen LogP contribution in [-0.4, -0.2) is 55.5 Å². The quantitative estimate of drug-likeness (QED) is 0.245. The molecule has 0 amide bonds. The van der Waals surface area contributed by atoms with Crippen molar-refractivity contribution in [3.63, 3.8) is 0 Å². The van der Waals surface area contributed by atoms with E-state index in [0.717, 1.165) is 16.7 Å². The molecule has 0 radical (unpaired) electrons. The number of aromatic nitrogens is 4. The Morgan fingerprint density at radius 1 is 1.14 bits per heavy atom. The van der Waals surface area contributed by atoms with Crippen molar-refractivity contribution in [2.75, 3.05) is 19.5 Å². The van der Waals surface area contributed by atoms with Crippen LogP contribution in [0.25, 0.3) is 11.2 Å². The van der Waals surface area contributed by atoms with Gasteiger partial charge in [-0.25, -0.2) is 0 Å². The van der Waals surface area contributed by atoms with Gasteiger partial charge in [0.05, 0.1) is 20.3 Å². The van der Waals surface area contributed by atoms with Gasteiger partial charge in [-0.15, -0.1) is 0 Å². The molecule has 2 heterocycles. The summed E-state index contributed by atoms with van der Waals surface area (Å²) in [6.45, 7) is 2.71. The zero-order chi connectivity index (χ0) is 25.7. The van der Waals surface area contributed by atoms with Gasteiger partial charge >= 0.3 is 12.0 Å². The number of carbonyl (C=O) groups is 1. The van der Waals surface area contributed by atoms with Crippen LogP contribution in [0.3, 0.4) is 0 Å². The predicted molar refractivity (Wildman–Crippen MR) is 133 cm³/mol. The Bertz CT molecular complexity index is 1360. The molecule has 0 fully saturated rings. The Hall–Kier alpha value is -4.38. The molecule has 11 nitrogen and oxygen atoms in total. The van der Waals surface area contributed by atoms with Crippen molar-refractivity contribution in [1.82, 2.24) is 24.8 Å². The number of nitrogen functional groups attached to an aromatic ring is 1. The normalized spacial score (nSPS) is 11.9. The molecule has 0 saturated heterocycles. The van der Waals surface area contributed by atoms with Gasteiger partial charge in [-0.3, -0.25) is 9.36 Å². The van der Waals surface area contributed by atoms with E-state index in [1.807, 2.05) is 48.5 Å². The Kier molecular flexibility index (Phi) is 7.50. The van der Waals surface area contributed by atoms with Gasteiger partial charge in [-0.1, -0.05) is 42.5 Å². The maximum atomic E-state index is 11.8. The molecule has 0 aliphatic carbocycles. The molecule has 5 N–H and O–H groups in total. The Labute approximate surface area is 207 Å². The van der Waals surface area contributed by atoms with Gasteiger partial charge in [0.25, 0.3) is 6.01 Å². The van der Waals surface area contributed by atoms with Gasteiger partial charge in [0.2, 0.25) is 0 Å². The first-order valence-corrected chi connectivity index (χ1v) is 11.4. The highest BCUT2D eigenvalue weighted by molar-refractivity contribution is 5.83. The zero-order valence-corrected chi connectivity index (χ0v) is 20.0. The molecule has 0 spiro atoms. The fourth-order valence-electron chi connectivity index (χ4n) is 3.87. The highest BCUT2D eigenvalue weighted by Gasteiger charge is 2.20. The van der Waals surface area contributed by atoms with Gasteiger partial charge in [0.15, 0.2) is 17.0 Å². The molecule has 2 aromatic carbocycles. The molecule has 0 unspecified atom stereocenters. The molecule has 0 aliphatic heterocycles. The molecule has 4 aromatic rings. The van der Waals surface area contributed by atoms with Crippen LogP contribution in [0.5, 0.6) is 17.8 Å². The molecular weight excluding hydrogens is 464 g/mol. The average molecular weight is 493 g/mol. The van der Waals surface area contributed by atoms with Crippen molar-refractivity contribution in [3.8, 4) is 17.8 Å². The number of nitrogens with one attached hydrogen (secondary N) is 1. The first kappa shape index (κ1) is 24.7. The first-order chi connectivity index (χ1) is 17.4. The summed E-state index contributed by atoms with van der Waals surface area (Å²) < 4.78 is 12.4. The SMILES string of the molecule is CCOc1nc(N)c2nc(O)n(Cc3ccc(CN[C@@H](Cc4ccccc4)C(=O)O)cc3OC)c2n1. The lowest BCUT2D eigenvalue weighted by Gasteiger charge is -2.16. The number of ether oxygens (including phenoxy) is 2. The standard InChI is InChI=1S/C25H28N6O5/c1-3-36-24-29-21(26)20-22(30-24)31(25(34)28-20)14-17-10-9-16(12-19(17)35-2)13-27-18(23(32)33)11-15-7-5-4-6-8-15/h4-10,12,18,27H,3,11,13-14H2,1-2H3,(H,28,34)(H,32,33)(H2,26,29,30)/t18-/m0/s1. The second-order valence-electron chi connectivity index (χ2n) is 8.10. The van der Waals surface area contributed by atoms with Crippen molar-refractivity contribution in [1.29, 1.82) is 0 Å². The fraction of sp³-hybridized carbons (Fsp3) is 0.280. The Morgan fingerprint density at radius 3 is 2.61 bits per heavy atom. The number of aromatic hydroxyl groups is 1. The first-order valence-electron chi connectivity index (χ1n) is 11.4. The van der Waals surface area contributed by atoms with Crippen LogP contribution in [0.15, 0.2) is 48.5 Å². The van der Waals surface area contributed by atoms with E-state index in [1.165, 1.54) is 4.57 Å². The third-order valence-electron chi connectivity index (χ3n) is 5.67. The minimum absolute atomic E-state index is 0.0977. The van der Waals surface area contributed by atoms with Crippen LogP contribution in [0.2, 0.25) is 0 Å². The summed E-state index contributed by atoms with van der Waals surface area (Å²) in [7, 11) is 1.55. The van der Waals surface area contributed by atoms with Gasteiger partial charge in [-0.05, 0) is 30.5 Å². The van der Waals surface area contributed by atoms with Gasteiger partial charge < -0.3 is 30.7 Å². The number of carboxylic acid groups (broad SMARTS) is 1. The number of anilines is 1. The number of aliphatic carboxylic acids is 1.